The molecule has 0 unspecified atom stereocenters. The Balaban J connectivity index is 2.41. The average Bonchev–Trinajstić information content (AvgIpc) is 2.91. The number of sulfone groups is 1. The molecule has 0 saturated carbocycles. The minimum atomic E-state index is -3.95. The largest absolute Gasteiger partial charge is 0.468 e. The monoisotopic (exact) mass is 347 g/mol. The molecule has 0 spiro atoms. The minimum Gasteiger partial charge on any atom is -0.468 e. The highest BCUT2D eigenvalue weighted by Gasteiger charge is 2.32. The Morgan fingerprint density at radius 2 is 1.77 bits per heavy atom. The van der Waals surface area contributed by atoms with Crippen molar-refractivity contribution in [2.75, 3.05) is 12.8 Å². The lowest BCUT2D eigenvalue weighted by Gasteiger charge is -2.16. The normalized spacial score (nSPS) is 13.9. The number of sulfonamides is 1. The van der Waals surface area contributed by atoms with Gasteiger partial charge in [-0.1, -0.05) is 0 Å². The summed E-state index contributed by atoms with van der Waals surface area (Å²) in [6.07, 6.45) is 2.22. The van der Waals surface area contributed by atoms with Crippen molar-refractivity contribution in [3.8, 4) is 0 Å². The molecule has 1 heterocycles. The molecule has 1 aromatic heterocycles. The van der Waals surface area contributed by atoms with Crippen LogP contribution in [0.25, 0.3) is 0 Å². The molecule has 0 aliphatic carbocycles. The van der Waals surface area contributed by atoms with Crippen LogP contribution in [0.2, 0.25) is 0 Å². The molecular weight excluding hydrogens is 333 g/mol. The summed E-state index contributed by atoms with van der Waals surface area (Å²) in [7, 11) is -7.53. The van der Waals surface area contributed by atoms with Gasteiger partial charge >= 0.3 is 0 Å². The molecule has 0 amide bonds. The standard InChI is InChI=1S/C13H14FNO5S2/c1-21(16,17)15-9-13(12-3-2-8-20-12)22(18,19)11-6-4-10(14)5-7-11/h2-8,13,15H,9H2,1H3/t13-/m0/s1. The van der Waals surface area contributed by atoms with Gasteiger partial charge in [-0.3, -0.25) is 0 Å². The molecule has 0 bridgehead atoms. The third-order valence-corrected chi connectivity index (χ3v) is 5.68. The highest BCUT2D eigenvalue weighted by molar-refractivity contribution is 7.92. The van der Waals surface area contributed by atoms with E-state index in [4.69, 9.17) is 4.42 Å². The first-order chi connectivity index (χ1) is 10.2. The lowest BCUT2D eigenvalue weighted by molar-refractivity contribution is 0.487. The van der Waals surface area contributed by atoms with Crippen LogP contribution in [0, 0.1) is 5.82 Å². The molecule has 0 radical (unpaired) electrons. The number of benzene rings is 1. The second-order valence-electron chi connectivity index (χ2n) is 4.62. The van der Waals surface area contributed by atoms with Crippen molar-refractivity contribution in [1.29, 1.82) is 0 Å². The first-order valence-corrected chi connectivity index (χ1v) is 9.61. The predicted molar refractivity (Wildman–Crippen MR) is 77.9 cm³/mol. The van der Waals surface area contributed by atoms with Crippen LogP contribution in [-0.2, 0) is 19.9 Å². The number of hydrogen-bond donors (Lipinski definition) is 1. The molecule has 2 aromatic rings. The van der Waals surface area contributed by atoms with E-state index in [1.807, 2.05) is 0 Å². The van der Waals surface area contributed by atoms with E-state index in [-0.39, 0.29) is 17.2 Å². The summed E-state index contributed by atoms with van der Waals surface area (Å²) < 4.78 is 67.9. The average molecular weight is 347 g/mol. The maximum Gasteiger partial charge on any atom is 0.208 e. The number of rotatable bonds is 6. The van der Waals surface area contributed by atoms with E-state index in [1.54, 1.807) is 0 Å². The summed E-state index contributed by atoms with van der Waals surface area (Å²) in [6, 6.07) is 7.24. The third-order valence-electron chi connectivity index (χ3n) is 2.91. The van der Waals surface area contributed by atoms with Gasteiger partial charge < -0.3 is 4.42 Å². The zero-order valence-corrected chi connectivity index (χ0v) is 13.2. The maximum atomic E-state index is 12.9. The Kier molecular flexibility index (Phi) is 4.69. The molecule has 120 valence electrons. The van der Waals surface area contributed by atoms with Crippen molar-refractivity contribution in [1.82, 2.24) is 4.72 Å². The maximum absolute atomic E-state index is 12.9. The summed E-state index contributed by atoms with van der Waals surface area (Å²) in [6.45, 7) is -0.383. The molecule has 9 heteroatoms. The summed E-state index contributed by atoms with van der Waals surface area (Å²) in [4.78, 5) is -0.120. The molecule has 1 N–H and O–H groups in total. The van der Waals surface area contributed by atoms with Crippen LogP contribution in [0.15, 0.2) is 52.0 Å². The Morgan fingerprint density at radius 1 is 1.14 bits per heavy atom. The highest BCUT2D eigenvalue weighted by atomic mass is 32.2. The summed E-state index contributed by atoms with van der Waals surface area (Å²) in [5.41, 5.74) is 0. The molecule has 6 nitrogen and oxygen atoms in total. The minimum absolute atomic E-state index is 0.0977. The van der Waals surface area contributed by atoms with Crippen molar-refractivity contribution in [2.45, 2.75) is 10.1 Å². The second kappa shape index (κ2) is 6.19. The van der Waals surface area contributed by atoms with Gasteiger partial charge in [0, 0.05) is 6.54 Å². The van der Waals surface area contributed by atoms with Crippen molar-refractivity contribution >= 4 is 19.9 Å². The molecule has 0 fully saturated rings. The van der Waals surface area contributed by atoms with Crippen LogP contribution in [0.4, 0.5) is 4.39 Å². The first-order valence-electron chi connectivity index (χ1n) is 6.17. The van der Waals surface area contributed by atoms with E-state index in [0.717, 1.165) is 30.5 Å². The predicted octanol–water partition coefficient (Wildman–Crippen LogP) is 1.48. The van der Waals surface area contributed by atoms with Crippen LogP contribution >= 0.6 is 0 Å². The number of nitrogens with one attached hydrogen (secondary N) is 1. The quantitative estimate of drug-likeness (QED) is 0.799. The zero-order valence-electron chi connectivity index (χ0n) is 11.6. The Morgan fingerprint density at radius 3 is 2.27 bits per heavy atom. The van der Waals surface area contributed by atoms with E-state index in [9.17, 15) is 21.2 Å². The van der Waals surface area contributed by atoms with E-state index in [2.05, 4.69) is 4.72 Å². The summed E-state index contributed by atoms with van der Waals surface area (Å²) in [5.74, 6) is -0.469. The topological polar surface area (TPSA) is 93.4 Å². The fraction of sp³-hybridized carbons (Fsp3) is 0.231. The lowest BCUT2D eigenvalue weighted by atomic mass is 10.3. The Hall–Kier alpha value is -1.71. The first kappa shape index (κ1) is 16.7. The van der Waals surface area contributed by atoms with Crippen molar-refractivity contribution in [2.24, 2.45) is 0 Å². The van der Waals surface area contributed by atoms with Gasteiger partial charge in [0.2, 0.25) is 10.0 Å². The molecule has 0 aliphatic heterocycles. The Bertz CT molecular complexity index is 827. The summed E-state index contributed by atoms with van der Waals surface area (Å²) in [5, 5.41) is -1.25. The number of furan rings is 1. The van der Waals surface area contributed by atoms with Crippen LogP contribution in [0.5, 0.6) is 0 Å². The zero-order chi connectivity index (χ0) is 16.4. The smallest absolute Gasteiger partial charge is 0.208 e. The van der Waals surface area contributed by atoms with E-state index in [1.165, 1.54) is 18.4 Å². The SMILES string of the molecule is CS(=O)(=O)NC[C@@H](c1ccco1)S(=O)(=O)c1ccc(F)cc1. The number of hydrogen-bond acceptors (Lipinski definition) is 5. The third kappa shape index (κ3) is 3.93. The van der Waals surface area contributed by atoms with E-state index < -0.39 is 30.9 Å². The van der Waals surface area contributed by atoms with Crippen LogP contribution < -0.4 is 4.72 Å². The number of halogens is 1. The fourth-order valence-electron chi connectivity index (χ4n) is 1.85. The Labute approximate surface area is 127 Å². The molecular formula is C13H14FNO5S2. The van der Waals surface area contributed by atoms with E-state index in [0.29, 0.717) is 0 Å². The van der Waals surface area contributed by atoms with Gasteiger partial charge in [-0.05, 0) is 36.4 Å². The lowest BCUT2D eigenvalue weighted by Crippen LogP contribution is -2.31. The van der Waals surface area contributed by atoms with Gasteiger partial charge in [0.25, 0.3) is 0 Å². The van der Waals surface area contributed by atoms with Gasteiger partial charge in [0.1, 0.15) is 16.8 Å². The molecule has 0 aliphatic rings. The van der Waals surface area contributed by atoms with Crippen molar-refractivity contribution in [3.05, 3.63) is 54.2 Å². The van der Waals surface area contributed by atoms with Gasteiger partial charge in [0.05, 0.1) is 17.4 Å². The highest BCUT2D eigenvalue weighted by Crippen LogP contribution is 2.29. The molecule has 1 atom stereocenters. The van der Waals surface area contributed by atoms with Crippen LogP contribution in [0.3, 0.4) is 0 Å². The molecule has 22 heavy (non-hydrogen) atoms. The van der Waals surface area contributed by atoms with Crippen molar-refractivity contribution < 1.29 is 25.6 Å². The van der Waals surface area contributed by atoms with Crippen LogP contribution in [0.1, 0.15) is 11.0 Å². The van der Waals surface area contributed by atoms with Gasteiger partial charge in [0.15, 0.2) is 9.84 Å². The van der Waals surface area contributed by atoms with E-state index >= 15 is 0 Å². The van der Waals surface area contributed by atoms with Gasteiger partial charge in [-0.15, -0.1) is 0 Å². The van der Waals surface area contributed by atoms with Gasteiger partial charge in [-0.25, -0.2) is 25.9 Å². The van der Waals surface area contributed by atoms with Gasteiger partial charge in [-0.2, -0.15) is 0 Å². The van der Waals surface area contributed by atoms with Crippen LogP contribution in [-0.4, -0.2) is 29.6 Å². The molecule has 0 saturated heterocycles. The fourth-order valence-corrected chi connectivity index (χ4v) is 4.01. The second-order valence-corrected chi connectivity index (χ2v) is 8.59. The molecule has 2 rings (SSSR count). The summed E-state index contributed by atoms with van der Waals surface area (Å²) >= 11 is 0. The molecule has 1 aromatic carbocycles. The van der Waals surface area contributed by atoms with Crippen molar-refractivity contribution in [3.63, 3.8) is 0 Å².